The molecule has 10 atom stereocenters. The predicted octanol–water partition coefficient (Wildman–Crippen LogP) is 6.86. The summed E-state index contributed by atoms with van der Waals surface area (Å²) in [5.74, 6) is 0.565. The molecule has 0 unspecified atom stereocenters. The third-order valence-electron chi connectivity index (χ3n) is 14.0. The maximum Gasteiger partial charge on any atom is 0.313 e. The number of fused-ring (bicyclic) bond motifs is 4. The average Bonchev–Trinajstić information content (AvgIpc) is 2.93. The molecule has 4 heteroatoms. The van der Waals surface area contributed by atoms with Crippen molar-refractivity contribution in [1.82, 2.24) is 0 Å². The summed E-state index contributed by atoms with van der Waals surface area (Å²) in [6.07, 6.45) is 7.56. The van der Waals surface area contributed by atoms with E-state index in [-0.39, 0.29) is 51.0 Å². The summed E-state index contributed by atoms with van der Waals surface area (Å²) < 4.78 is 23.6. The van der Waals surface area contributed by atoms with Gasteiger partial charge in [-0.15, -0.1) is 0 Å². The van der Waals surface area contributed by atoms with E-state index in [1.54, 1.807) is 0 Å². The zero-order valence-electron chi connectivity index (χ0n) is 22.6. The fourth-order valence-corrected chi connectivity index (χ4v) is 11.8. The number of ether oxygens (including phenoxy) is 1. The lowest BCUT2D eigenvalue weighted by atomic mass is 9.30. The molecule has 34 heavy (non-hydrogen) atoms. The minimum atomic E-state index is -1.11. The van der Waals surface area contributed by atoms with Crippen LogP contribution in [-0.2, 0) is 9.53 Å². The van der Waals surface area contributed by atoms with Gasteiger partial charge in [0.05, 0.1) is 11.5 Å². The molecular weight excluding hydrogens is 427 g/mol. The van der Waals surface area contributed by atoms with Crippen LogP contribution < -0.4 is 0 Å². The van der Waals surface area contributed by atoms with Gasteiger partial charge in [-0.3, -0.25) is 4.79 Å². The van der Waals surface area contributed by atoms with E-state index in [1.165, 1.54) is 0 Å². The first-order valence-electron chi connectivity index (χ1n) is 14.2. The Morgan fingerprint density at radius 3 is 2.24 bits per heavy atom. The van der Waals surface area contributed by atoms with Crippen molar-refractivity contribution >= 4 is 5.97 Å². The van der Waals surface area contributed by atoms with Crippen LogP contribution in [0.25, 0.3) is 0 Å². The number of aliphatic hydroxyl groups excluding tert-OH is 1. The second-order valence-electron chi connectivity index (χ2n) is 15.7. The molecule has 0 aromatic heterocycles. The van der Waals surface area contributed by atoms with Crippen molar-refractivity contribution in [3.05, 3.63) is 0 Å². The number of carbonyl (C=O) groups excluding carboxylic acids is 1. The Hall–Kier alpha value is -0.640. The molecule has 6 fully saturated rings. The molecule has 5 saturated carbocycles. The number of rotatable bonds is 0. The highest BCUT2D eigenvalue weighted by atomic mass is 19.1. The van der Waals surface area contributed by atoms with Gasteiger partial charge >= 0.3 is 5.97 Å². The molecule has 1 N–H and O–H groups in total. The number of esters is 1. The Kier molecular flexibility index (Phi) is 4.49. The summed E-state index contributed by atoms with van der Waals surface area (Å²) >= 11 is 0. The zero-order chi connectivity index (χ0) is 24.7. The highest BCUT2D eigenvalue weighted by molar-refractivity contribution is 5.82. The van der Waals surface area contributed by atoms with Gasteiger partial charge in [-0.2, -0.15) is 0 Å². The van der Waals surface area contributed by atoms with Gasteiger partial charge in [0.1, 0.15) is 6.17 Å². The molecule has 192 valence electrons. The molecule has 6 aliphatic rings. The number of halogens is 1. The molecule has 0 aromatic carbocycles. The molecule has 0 radical (unpaired) electrons. The van der Waals surface area contributed by atoms with E-state index >= 15 is 4.39 Å². The van der Waals surface area contributed by atoms with E-state index in [1.807, 2.05) is 0 Å². The van der Waals surface area contributed by atoms with Gasteiger partial charge in [-0.1, -0.05) is 48.5 Å². The number of alkyl halides is 1. The van der Waals surface area contributed by atoms with Crippen LogP contribution >= 0.6 is 0 Å². The minimum absolute atomic E-state index is 0.00192. The second-order valence-corrected chi connectivity index (χ2v) is 15.7. The van der Waals surface area contributed by atoms with Gasteiger partial charge in [-0.05, 0) is 97.7 Å². The van der Waals surface area contributed by atoms with Gasteiger partial charge in [0.15, 0.2) is 5.60 Å². The number of hydrogen-bond acceptors (Lipinski definition) is 3. The van der Waals surface area contributed by atoms with Gasteiger partial charge in [0, 0.05) is 11.3 Å². The van der Waals surface area contributed by atoms with Gasteiger partial charge < -0.3 is 9.84 Å². The van der Waals surface area contributed by atoms with E-state index in [4.69, 9.17) is 4.74 Å². The van der Waals surface area contributed by atoms with Crippen molar-refractivity contribution in [3.63, 3.8) is 0 Å². The summed E-state index contributed by atoms with van der Waals surface area (Å²) in [5, 5.41) is 10.9. The Morgan fingerprint density at radius 2 is 1.53 bits per heavy atom. The van der Waals surface area contributed by atoms with Crippen molar-refractivity contribution < 1.29 is 19.0 Å². The van der Waals surface area contributed by atoms with Crippen molar-refractivity contribution in [2.24, 2.45) is 50.2 Å². The largest absolute Gasteiger partial charge is 0.455 e. The lowest BCUT2D eigenvalue weighted by molar-refractivity contribution is -0.306. The van der Waals surface area contributed by atoms with Gasteiger partial charge in [0.25, 0.3) is 0 Å². The molecule has 0 amide bonds. The van der Waals surface area contributed by atoms with Crippen molar-refractivity contribution in [3.8, 4) is 0 Å². The smallest absolute Gasteiger partial charge is 0.313 e. The van der Waals surface area contributed by atoms with Gasteiger partial charge in [-0.25, -0.2) is 4.39 Å². The van der Waals surface area contributed by atoms with E-state index in [0.717, 1.165) is 57.8 Å². The van der Waals surface area contributed by atoms with E-state index in [0.29, 0.717) is 12.3 Å². The van der Waals surface area contributed by atoms with Crippen LogP contribution in [0, 0.1) is 50.2 Å². The van der Waals surface area contributed by atoms with Crippen LogP contribution in [0.15, 0.2) is 0 Å². The molecule has 1 aliphatic heterocycles. The summed E-state index contributed by atoms with van der Waals surface area (Å²) in [6, 6.07) is 0. The second kappa shape index (κ2) is 6.43. The Labute approximate surface area is 206 Å². The van der Waals surface area contributed by atoms with Crippen LogP contribution in [-0.4, -0.2) is 29.0 Å². The van der Waals surface area contributed by atoms with E-state index in [2.05, 4.69) is 48.5 Å². The predicted molar refractivity (Wildman–Crippen MR) is 131 cm³/mol. The lowest BCUT2D eigenvalue weighted by Gasteiger charge is -2.74. The first-order chi connectivity index (χ1) is 15.6. The third-order valence-corrected chi connectivity index (χ3v) is 14.0. The lowest BCUT2D eigenvalue weighted by Crippen LogP contribution is -2.75. The third kappa shape index (κ3) is 2.33. The summed E-state index contributed by atoms with van der Waals surface area (Å²) in [6.45, 7) is 16.3. The summed E-state index contributed by atoms with van der Waals surface area (Å²) in [4.78, 5) is 13.6. The topological polar surface area (TPSA) is 46.5 Å². The van der Waals surface area contributed by atoms with Crippen molar-refractivity contribution in [2.45, 2.75) is 131 Å². The van der Waals surface area contributed by atoms with Crippen LogP contribution in [0.5, 0.6) is 0 Å². The van der Waals surface area contributed by atoms with Crippen LogP contribution in [0.4, 0.5) is 4.39 Å². The first kappa shape index (κ1) is 23.7. The molecule has 1 spiro atoms. The maximum atomic E-state index is 17.1. The Morgan fingerprint density at radius 1 is 0.853 bits per heavy atom. The molecule has 0 aromatic rings. The maximum absolute atomic E-state index is 17.1. The number of aliphatic hydroxyl groups is 1. The SMILES string of the molecule is CC1(C)CC[C@@]23CC[C@]4(C)[C@](OC2=O)([C@H](F)C[C@@H]2[C@@]5(C)CC[C@H](O)C(C)(C)[C@@H]5CC[C@]24C)[C@@H]3C1. The quantitative estimate of drug-likeness (QED) is 0.390. The zero-order valence-corrected chi connectivity index (χ0v) is 22.6. The molecule has 6 rings (SSSR count). The molecule has 5 aliphatic carbocycles. The van der Waals surface area contributed by atoms with Crippen LogP contribution in [0.1, 0.15) is 113 Å². The first-order valence-corrected chi connectivity index (χ1v) is 14.2. The Bertz CT molecular complexity index is 928. The number of carbonyl (C=O) groups is 1. The average molecular weight is 475 g/mol. The van der Waals surface area contributed by atoms with Crippen LogP contribution in [0.2, 0.25) is 0 Å². The van der Waals surface area contributed by atoms with Gasteiger partial charge in [0.2, 0.25) is 0 Å². The number of hydrogen-bond donors (Lipinski definition) is 1. The fraction of sp³-hybridized carbons (Fsp3) is 0.967. The summed E-state index contributed by atoms with van der Waals surface area (Å²) in [7, 11) is 0. The van der Waals surface area contributed by atoms with Crippen molar-refractivity contribution in [1.29, 1.82) is 0 Å². The highest BCUT2D eigenvalue weighted by Gasteiger charge is 2.83. The monoisotopic (exact) mass is 474 g/mol. The fourth-order valence-electron chi connectivity index (χ4n) is 11.8. The summed E-state index contributed by atoms with van der Waals surface area (Å²) in [5.41, 5.74) is -1.88. The molecule has 3 nitrogen and oxygen atoms in total. The normalized spacial score (nSPS) is 59.2. The molecule has 1 saturated heterocycles. The highest BCUT2D eigenvalue weighted by Crippen LogP contribution is 2.81. The minimum Gasteiger partial charge on any atom is -0.455 e. The van der Waals surface area contributed by atoms with Crippen LogP contribution in [0.3, 0.4) is 0 Å². The molecule has 1 heterocycles. The van der Waals surface area contributed by atoms with Crippen molar-refractivity contribution in [2.75, 3.05) is 0 Å². The molecule has 2 bridgehead atoms. The standard InChI is InChI=1S/C30H47FO3/c1-24(2)12-14-29-15-13-28(7)27(6)11-8-18-25(3,4)22(32)9-10-26(18,5)19(27)16-21(31)30(28,20(29)17-24)34-23(29)33/h18-22,32H,8-17H2,1-7H3/t18-,19+,20+,21+,22-,26-,27+,28-,29-,30+/m0/s1. The molecular formula is C30H47FO3. The van der Waals surface area contributed by atoms with E-state index < -0.39 is 17.2 Å². The Balaban J connectivity index is 1.49. The van der Waals surface area contributed by atoms with E-state index in [9.17, 15) is 9.90 Å².